The first kappa shape index (κ1) is 23.7. The highest BCUT2D eigenvalue weighted by Crippen LogP contribution is 2.31. The Morgan fingerprint density at radius 2 is 1.90 bits per heavy atom. The molecule has 0 atom stereocenters. The molecule has 1 aromatic carbocycles. The summed E-state index contributed by atoms with van der Waals surface area (Å²) in [5.41, 5.74) is 4.70. The maximum atomic E-state index is 13.1. The van der Waals surface area contributed by atoms with Crippen molar-refractivity contribution in [2.24, 2.45) is 5.73 Å². The zero-order valence-electron chi connectivity index (χ0n) is 16.1. The molecule has 0 bridgehead atoms. The molecule has 7 nitrogen and oxygen atoms in total. The fourth-order valence-electron chi connectivity index (χ4n) is 2.53. The molecule has 2 amide bonds. The highest BCUT2D eigenvalue weighted by Gasteiger charge is 2.36. The first-order chi connectivity index (χ1) is 13.9. The topological polar surface area (TPSA) is 102 Å². The predicted molar refractivity (Wildman–Crippen MR) is 111 cm³/mol. The molecule has 4 N–H and O–H groups in total. The van der Waals surface area contributed by atoms with Crippen LogP contribution < -0.4 is 16.4 Å². The number of hydrogen-bond donors (Lipinski definition) is 3. The Bertz CT molecular complexity index is 1030. The highest BCUT2D eigenvalue weighted by atomic mass is 79.9. The predicted octanol–water partition coefficient (Wildman–Crippen LogP) is 4.32. The normalized spacial score (nSPS) is 12.4. The van der Waals surface area contributed by atoms with Gasteiger partial charge in [-0.25, -0.2) is 4.68 Å². The number of carbonyl (C=O) groups is 2. The van der Waals surface area contributed by atoms with Crippen LogP contribution in [-0.4, -0.2) is 28.1 Å². The molecule has 30 heavy (non-hydrogen) atoms. The van der Waals surface area contributed by atoms with Gasteiger partial charge in [-0.1, -0.05) is 27.5 Å². The smallest absolute Gasteiger partial charge is 0.383 e. The molecule has 12 heteroatoms. The Hall–Kier alpha value is -2.53. The minimum absolute atomic E-state index is 0.0521. The summed E-state index contributed by atoms with van der Waals surface area (Å²) in [6, 6.07) is 3.69. The summed E-state index contributed by atoms with van der Waals surface area (Å²) < 4.78 is 40.6. The minimum Gasteiger partial charge on any atom is -0.383 e. The maximum absolute atomic E-state index is 13.1. The fourth-order valence-corrected chi connectivity index (χ4v) is 3.18. The van der Waals surface area contributed by atoms with Crippen LogP contribution in [0.1, 0.15) is 46.0 Å². The molecule has 0 unspecified atom stereocenters. The molecule has 2 aromatic rings. The van der Waals surface area contributed by atoms with Crippen molar-refractivity contribution in [3.63, 3.8) is 0 Å². The van der Waals surface area contributed by atoms with Crippen molar-refractivity contribution in [1.82, 2.24) is 15.1 Å². The van der Waals surface area contributed by atoms with E-state index in [2.05, 4.69) is 31.7 Å². The lowest BCUT2D eigenvalue weighted by molar-refractivity contribution is -0.141. The number of rotatable bonds is 5. The van der Waals surface area contributed by atoms with Crippen molar-refractivity contribution in [1.29, 1.82) is 0 Å². The summed E-state index contributed by atoms with van der Waals surface area (Å²) in [5.74, 6) is -1.75. The van der Waals surface area contributed by atoms with Crippen LogP contribution in [0.25, 0.3) is 5.82 Å². The molecule has 162 valence electrons. The number of carbonyl (C=O) groups excluding carboxylic acids is 2. The Kier molecular flexibility index (Phi) is 7.19. The van der Waals surface area contributed by atoms with E-state index >= 15 is 0 Å². The van der Waals surface area contributed by atoms with E-state index in [4.69, 9.17) is 17.3 Å². The lowest BCUT2D eigenvalue weighted by Crippen LogP contribution is -2.26. The molecule has 0 saturated heterocycles. The number of nitrogens with zero attached hydrogens (tertiary/aromatic N) is 2. The summed E-state index contributed by atoms with van der Waals surface area (Å²) in [7, 11) is 0. The molecule has 2 rings (SSSR count). The van der Waals surface area contributed by atoms with E-state index in [1.54, 1.807) is 19.9 Å². The van der Waals surface area contributed by atoms with Crippen molar-refractivity contribution in [3.05, 3.63) is 50.2 Å². The average molecular weight is 509 g/mol. The highest BCUT2D eigenvalue weighted by molar-refractivity contribution is 9.10. The number of allylic oxidation sites excluding steroid dienone is 1. The summed E-state index contributed by atoms with van der Waals surface area (Å²) >= 11 is 9.07. The number of nitrogens with two attached hydrogens (primary N) is 1. The minimum atomic E-state index is -4.81. The van der Waals surface area contributed by atoms with Gasteiger partial charge >= 0.3 is 6.18 Å². The Labute approximate surface area is 183 Å². The Morgan fingerprint density at radius 1 is 1.27 bits per heavy atom. The van der Waals surface area contributed by atoms with E-state index in [0.29, 0.717) is 27.3 Å². The number of halogens is 5. The van der Waals surface area contributed by atoms with Crippen LogP contribution in [0.2, 0.25) is 0 Å². The molecule has 0 spiro atoms. The molecule has 0 fully saturated rings. The van der Waals surface area contributed by atoms with Crippen molar-refractivity contribution < 1.29 is 22.8 Å². The number of anilines is 1. The molecule has 0 aliphatic rings. The van der Waals surface area contributed by atoms with Crippen LogP contribution >= 0.6 is 27.5 Å². The Balaban J connectivity index is 2.57. The number of hydrogen-bond acceptors (Lipinski definition) is 4. The van der Waals surface area contributed by atoms with Gasteiger partial charge in [0.2, 0.25) is 0 Å². The standard InChI is InChI=1S/C18H18BrClF3N5O2/c1-4-25-16(29)11-6-10(19)5-8(2)14(11)26-17(30)12-7-13(18(21,22)23)27-28(12)15(24)9(3)20/h5-7H,4,24H2,1-3H3,(H,25,29)(H,26,30)/b15-9-. The maximum Gasteiger partial charge on any atom is 0.435 e. The third-order valence-electron chi connectivity index (χ3n) is 3.93. The van der Waals surface area contributed by atoms with E-state index in [-0.39, 0.29) is 22.1 Å². The van der Waals surface area contributed by atoms with E-state index in [9.17, 15) is 22.8 Å². The molecule has 0 radical (unpaired) electrons. The van der Waals surface area contributed by atoms with Crippen LogP contribution in [0.3, 0.4) is 0 Å². The number of aromatic nitrogens is 2. The molecule has 1 heterocycles. The van der Waals surface area contributed by atoms with Crippen molar-refractivity contribution >= 4 is 50.9 Å². The third kappa shape index (κ3) is 5.14. The van der Waals surface area contributed by atoms with Gasteiger partial charge in [-0.2, -0.15) is 18.3 Å². The van der Waals surface area contributed by atoms with E-state index in [1.807, 2.05) is 0 Å². The largest absolute Gasteiger partial charge is 0.435 e. The van der Waals surface area contributed by atoms with Crippen molar-refractivity contribution in [2.45, 2.75) is 26.9 Å². The number of amides is 2. The van der Waals surface area contributed by atoms with Gasteiger partial charge in [0, 0.05) is 17.1 Å². The zero-order chi connectivity index (χ0) is 22.8. The van der Waals surface area contributed by atoms with Crippen LogP contribution in [0.4, 0.5) is 18.9 Å². The molecular formula is C18H18BrClF3N5O2. The van der Waals surface area contributed by atoms with Crippen LogP contribution in [0.5, 0.6) is 0 Å². The van der Waals surface area contributed by atoms with Gasteiger partial charge in [-0.3, -0.25) is 9.59 Å². The summed E-state index contributed by atoms with van der Waals surface area (Å²) in [6.45, 7) is 5.05. The molecule has 0 saturated carbocycles. The fraction of sp³-hybridized carbons (Fsp3) is 0.278. The average Bonchev–Trinajstić information content (AvgIpc) is 3.08. The lowest BCUT2D eigenvalue weighted by atomic mass is 10.1. The van der Waals surface area contributed by atoms with Gasteiger partial charge in [0.05, 0.1) is 16.3 Å². The summed E-state index contributed by atoms with van der Waals surface area (Å²) in [6.07, 6.45) is -4.81. The Morgan fingerprint density at radius 3 is 2.43 bits per heavy atom. The second-order valence-electron chi connectivity index (χ2n) is 6.20. The van der Waals surface area contributed by atoms with Crippen LogP contribution in [0, 0.1) is 6.92 Å². The van der Waals surface area contributed by atoms with Gasteiger partial charge < -0.3 is 16.4 Å². The SMILES string of the molecule is CCNC(=O)c1cc(Br)cc(C)c1NC(=O)c1cc(C(F)(F)F)nn1/C(N)=C(/C)Cl. The first-order valence-corrected chi connectivity index (χ1v) is 9.73. The monoisotopic (exact) mass is 507 g/mol. The van der Waals surface area contributed by atoms with Crippen molar-refractivity contribution in [2.75, 3.05) is 11.9 Å². The van der Waals surface area contributed by atoms with Gasteiger partial charge in [0.25, 0.3) is 11.8 Å². The molecule has 0 aliphatic carbocycles. The van der Waals surface area contributed by atoms with E-state index in [1.165, 1.54) is 13.0 Å². The summed E-state index contributed by atoms with van der Waals surface area (Å²) in [5, 5.41) is 8.42. The van der Waals surface area contributed by atoms with Gasteiger partial charge in [-0.15, -0.1) is 0 Å². The van der Waals surface area contributed by atoms with Crippen LogP contribution in [-0.2, 0) is 6.18 Å². The van der Waals surface area contributed by atoms with Crippen molar-refractivity contribution in [3.8, 4) is 0 Å². The number of alkyl halides is 3. The van der Waals surface area contributed by atoms with Gasteiger partial charge in [0.1, 0.15) is 11.5 Å². The zero-order valence-corrected chi connectivity index (χ0v) is 18.5. The molecular weight excluding hydrogens is 491 g/mol. The third-order valence-corrected chi connectivity index (χ3v) is 4.59. The number of nitrogens with one attached hydrogen (secondary N) is 2. The van der Waals surface area contributed by atoms with Crippen LogP contribution in [0.15, 0.2) is 27.7 Å². The van der Waals surface area contributed by atoms with E-state index in [0.717, 1.165) is 0 Å². The molecule has 1 aromatic heterocycles. The number of aryl methyl sites for hydroxylation is 1. The second kappa shape index (κ2) is 9.09. The lowest BCUT2D eigenvalue weighted by Gasteiger charge is -2.15. The van der Waals surface area contributed by atoms with Gasteiger partial charge in [-0.05, 0) is 38.5 Å². The number of benzene rings is 1. The molecule has 0 aliphatic heterocycles. The quantitative estimate of drug-likeness (QED) is 0.560. The van der Waals surface area contributed by atoms with E-state index < -0.39 is 29.4 Å². The summed E-state index contributed by atoms with van der Waals surface area (Å²) in [4.78, 5) is 25.3. The van der Waals surface area contributed by atoms with Gasteiger partial charge in [0.15, 0.2) is 5.69 Å². The second-order valence-corrected chi connectivity index (χ2v) is 7.68. The first-order valence-electron chi connectivity index (χ1n) is 8.56.